The predicted octanol–water partition coefficient (Wildman–Crippen LogP) is 2.09. The lowest BCUT2D eigenvalue weighted by Crippen LogP contribution is -2.40. The molecule has 0 spiro atoms. The van der Waals surface area contributed by atoms with E-state index in [1.165, 1.54) is 12.1 Å². The zero-order valence-electron chi connectivity index (χ0n) is 11.5. The minimum absolute atomic E-state index is 0.0750. The van der Waals surface area contributed by atoms with Crippen molar-refractivity contribution >= 4 is 29.2 Å². The van der Waals surface area contributed by atoms with Crippen LogP contribution in [0.1, 0.15) is 6.42 Å². The van der Waals surface area contributed by atoms with Crippen LogP contribution in [0.4, 0.5) is 4.39 Å². The Hall–Kier alpha value is -1.73. The summed E-state index contributed by atoms with van der Waals surface area (Å²) in [5.41, 5.74) is 1.47. The highest BCUT2D eigenvalue weighted by molar-refractivity contribution is 7.71. The fourth-order valence-corrected chi connectivity index (χ4v) is 2.83. The lowest BCUT2D eigenvalue weighted by Gasteiger charge is -2.26. The monoisotopic (exact) mass is 309 g/mol. The number of halogens is 1. The fraction of sp³-hybridized carbons (Fsp3) is 0.429. The third-order valence-electron chi connectivity index (χ3n) is 3.65. The summed E-state index contributed by atoms with van der Waals surface area (Å²) in [5.74, 6) is -0.240. The number of carbonyl (C=O) groups is 1. The second kappa shape index (κ2) is 5.95. The molecule has 21 heavy (non-hydrogen) atoms. The number of amides is 1. The molecule has 2 aromatic rings. The lowest BCUT2D eigenvalue weighted by atomic mass is 10.3. The first-order chi connectivity index (χ1) is 10.1. The molecule has 0 saturated carbocycles. The van der Waals surface area contributed by atoms with E-state index in [1.54, 1.807) is 15.5 Å². The van der Waals surface area contributed by atoms with Gasteiger partial charge in [0.25, 0.3) is 0 Å². The van der Waals surface area contributed by atoms with Crippen molar-refractivity contribution in [3.05, 3.63) is 28.8 Å². The molecular weight excluding hydrogens is 293 g/mol. The topological polar surface area (TPSA) is 50.3 Å². The number of aromatic amines is 1. The van der Waals surface area contributed by atoms with Gasteiger partial charge in [0.1, 0.15) is 5.82 Å². The lowest BCUT2D eigenvalue weighted by molar-refractivity contribution is -0.135. The van der Waals surface area contributed by atoms with E-state index in [9.17, 15) is 9.18 Å². The van der Waals surface area contributed by atoms with Gasteiger partial charge in [0.2, 0.25) is 5.91 Å². The highest BCUT2D eigenvalue weighted by Crippen LogP contribution is 2.16. The number of ether oxygens (including phenoxy) is 1. The highest BCUT2D eigenvalue weighted by atomic mass is 32.1. The van der Waals surface area contributed by atoms with E-state index in [0.29, 0.717) is 49.6 Å². The number of carbonyl (C=O) groups excluding carboxylic acids is 1. The predicted molar refractivity (Wildman–Crippen MR) is 79.1 cm³/mol. The maximum absolute atomic E-state index is 13.4. The van der Waals surface area contributed by atoms with E-state index in [-0.39, 0.29) is 11.7 Å². The fourth-order valence-electron chi connectivity index (χ4n) is 2.53. The Labute approximate surface area is 126 Å². The van der Waals surface area contributed by atoms with Crippen molar-refractivity contribution in [2.45, 2.75) is 13.0 Å². The number of rotatable bonds is 3. The Morgan fingerprint density at radius 1 is 1.38 bits per heavy atom. The van der Waals surface area contributed by atoms with Crippen LogP contribution >= 0.6 is 12.2 Å². The van der Waals surface area contributed by atoms with Crippen LogP contribution in [-0.4, -0.2) is 46.7 Å². The van der Waals surface area contributed by atoms with E-state index in [1.807, 2.05) is 0 Å². The molecule has 0 atom stereocenters. The van der Waals surface area contributed by atoms with Crippen molar-refractivity contribution in [2.75, 3.05) is 26.3 Å². The summed E-state index contributed by atoms with van der Waals surface area (Å²) in [5, 5.41) is 0. The minimum atomic E-state index is -0.315. The van der Waals surface area contributed by atoms with Crippen LogP contribution < -0.4 is 0 Å². The first kappa shape index (κ1) is 14.2. The smallest absolute Gasteiger partial charge is 0.224 e. The molecule has 112 valence electrons. The van der Waals surface area contributed by atoms with E-state index >= 15 is 0 Å². The summed E-state index contributed by atoms with van der Waals surface area (Å²) in [6.45, 7) is 2.88. The standard InChI is InChI=1S/C14H16FN3O2S/c15-10-1-2-11-12(9-10)18(14(21)16-11)4-3-13(19)17-5-7-20-8-6-17/h1-2,9H,3-8H2,(H,16,21). The number of benzene rings is 1. The SMILES string of the molecule is O=C(CCn1c(=S)[nH]c2ccc(F)cc21)N1CCOCC1. The molecule has 1 N–H and O–H groups in total. The summed E-state index contributed by atoms with van der Waals surface area (Å²) >= 11 is 5.24. The van der Waals surface area contributed by atoms with Gasteiger partial charge in [-0.3, -0.25) is 4.79 Å². The van der Waals surface area contributed by atoms with Crippen LogP contribution in [0, 0.1) is 10.6 Å². The summed E-state index contributed by atoms with van der Waals surface area (Å²) < 4.78 is 20.9. The molecule has 2 heterocycles. The number of nitrogens with zero attached hydrogens (tertiary/aromatic N) is 2. The van der Waals surface area contributed by atoms with Gasteiger partial charge in [-0.05, 0) is 30.4 Å². The minimum Gasteiger partial charge on any atom is -0.378 e. The van der Waals surface area contributed by atoms with Crippen molar-refractivity contribution in [1.82, 2.24) is 14.5 Å². The number of fused-ring (bicyclic) bond motifs is 1. The molecule has 0 unspecified atom stereocenters. The Bertz CT molecular complexity index is 719. The molecule has 1 aromatic carbocycles. The summed E-state index contributed by atoms with van der Waals surface area (Å²) in [6.07, 6.45) is 0.345. The van der Waals surface area contributed by atoms with Gasteiger partial charge < -0.3 is 19.2 Å². The summed E-state index contributed by atoms with van der Waals surface area (Å²) in [6, 6.07) is 4.47. The number of H-pyrrole nitrogens is 1. The molecule has 1 saturated heterocycles. The van der Waals surface area contributed by atoms with Gasteiger partial charge in [0.05, 0.1) is 24.2 Å². The maximum atomic E-state index is 13.4. The molecule has 1 aromatic heterocycles. The Morgan fingerprint density at radius 3 is 2.90 bits per heavy atom. The van der Waals surface area contributed by atoms with E-state index in [0.717, 1.165) is 5.52 Å². The van der Waals surface area contributed by atoms with Crippen LogP contribution in [0.15, 0.2) is 18.2 Å². The zero-order chi connectivity index (χ0) is 14.8. The number of morpholine rings is 1. The van der Waals surface area contributed by atoms with Crippen molar-refractivity contribution in [3.8, 4) is 0 Å². The third-order valence-corrected chi connectivity index (χ3v) is 3.97. The zero-order valence-corrected chi connectivity index (χ0v) is 12.3. The highest BCUT2D eigenvalue weighted by Gasteiger charge is 2.17. The van der Waals surface area contributed by atoms with Crippen LogP contribution in [0.25, 0.3) is 11.0 Å². The van der Waals surface area contributed by atoms with E-state index in [2.05, 4.69) is 4.98 Å². The van der Waals surface area contributed by atoms with Gasteiger partial charge in [-0.15, -0.1) is 0 Å². The van der Waals surface area contributed by atoms with Gasteiger partial charge >= 0.3 is 0 Å². The van der Waals surface area contributed by atoms with Crippen molar-refractivity contribution in [2.24, 2.45) is 0 Å². The van der Waals surface area contributed by atoms with E-state index in [4.69, 9.17) is 17.0 Å². The van der Waals surface area contributed by atoms with Crippen molar-refractivity contribution < 1.29 is 13.9 Å². The number of nitrogens with one attached hydrogen (secondary N) is 1. The van der Waals surface area contributed by atoms with Crippen LogP contribution in [0.2, 0.25) is 0 Å². The molecule has 1 fully saturated rings. The first-order valence-corrected chi connectivity index (χ1v) is 7.29. The molecule has 3 rings (SSSR count). The molecule has 0 radical (unpaired) electrons. The van der Waals surface area contributed by atoms with Gasteiger partial charge in [0, 0.05) is 26.1 Å². The Balaban J connectivity index is 1.75. The van der Waals surface area contributed by atoms with Crippen LogP contribution in [0.5, 0.6) is 0 Å². The van der Waals surface area contributed by atoms with Gasteiger partial charge in [-0.25, -0.2) is 4.39 Å². The largest absolute Gasteiger partial charge is 0.378 e. The van der Waals surface area contributed by atoms with Crippen molar-refractivity contribution in [1.29, 1.82) is 0 Å². The molecule has 0 aliphatic carbocycles. The molecular formula is C14H16FN3O2S. The molecule has 7 heteroatoms. The number of hydrogen-bond donors (Lipinski definition) is 1. The summed E-state index contributed by atoms with van der Waals surface area (Å²) in [4.78, 5) is 17.0. The second-order valence-electron chi connectivity index (χ2n) is 4.99. The normalized spacial score (nSPS) is 15.6. The molecule has 0 bridgehead atoms. The summed E-state index contributed by atoms with van der Waals surface area (Å²) in [7, 11) is 0. The van der Waals surface area contributed by atoms with Gasteiger partial charge in [0.15, 0.2) is 4.77 Å². The number of hydrogen-bond acceptors (Lipinski definition) is 3. The van der Waals surface area contributed by atoms with Crippen LogP contribution in [-0.2, 0) is 16.1 Å². The molecule has 5 nitrogen and oxygen atoms in total. The van der Waals surface area contributed by atoms with Crippen molar-refractivity contribution in [3.63, 3.8) is 0 Å². The Kier molecular flexibility index (Phi) is 4.03. The first-order valence-electron chi connectivity index (χ1n) is 6.89. The third kappa shape index (κ3) is 2.98. The van der Waals surface area contributed by atoms with E-state index < -0.39 is 0 Å². The molecule has 1 amide bonds. The number of imidazole rings is 1. The quantitative estimate of drug-likeness (QED) is 0.883. The van der Waals surface area contributed by atoms with Crippen LogP contribution in [0.3, 0.4) is 0 Å². The Morgan fingerprint density at radius 2 is 2.14 bits per heavy atom. The number of aromatic nitrogens is 2. The average molecular weight is 309 g/mol. The average Bonchev–Trinajstić information content (AvgIpc) is 2.80. The maximum Gasteiger partial charge on any atom is 0.224 e. The van der Waals surface area contributed by atoms with Gasteiger partial charge in [-0.2, -0.15) is 0 Å². The molecule has 1 aliphatic rings. The number of aryl methyl sites for hydroxylation is 1. The second-order valence-corrected chi connectivity index (χ2v) is 5.37. The van der Waals surface area contributed by atoms with Gasteiger partial charge in [-0.1, -0.05) is 0 Å². The molecule has 1 aliphatic heterocycles.